The molecule has 0 bridgehead atoms. The number of benzene rings is 5. The number of carbonyl (C=O) groups is 2. The Bertz CT molecular complexity index is 2340. The molecule has 0 saturated carbocycles. The van der Waals surface area contributed by atoms with Crippen molar-refractivity contribution in [2.24, 2.45) is 0 Å². The summed E-state index contributed by atoms with van der Waals surface area (Å²) in [4.78, 5) is 43.1. The Morgan fingerprint density at radius 1 is 0.812 bits per heavy atom. The van der Waals surface area contributed by atoms with Crippen molar-refractivity contribution >= 4 is 44.7 Å². The molecule has 7 rings (SSSR count). The van der Waals surface area contributed by atoms with Crippen LogP contribution in [0.15, 0.2) is 131 Å². The highest BCUT2D eigenvalue weighted by atomic mass is 16.6. The van der Waals surface area contributed by atoms with Crippen molar-refractivity contribution in [1.29, 1.82) is 0 Å². The lowest BCUT2D eigenvalue weighted by Crippen LogP contribution is -2.44. The number of aromatic amines is 1. The van der Waals surface area contributed by atoms with Gasteiger partial charge in [0.2, 0.25) is 11.2 Å². The zero-order chi connectivity index (χ0) is 33.0. The molecule has 1 atom stereocenters. The summed E-state index contributed by atoms with van der Waals surface area (Å²) in [6.45, 7) is 1.68. The summed E-state index contributed by atoms with van der Waals surface area (Å²) >= 11 is 0. The molecule has 0 spiro atoms. The molecule has 0 aliphatic carbocycles. The van der Waals surface area contributed by atoms with Crippen molar-refractivity contribution in [3.05, 3.63) is 149 Å². The van der Waals surface area contributed by atoms with Gasteiger partial charge < -0.3 is 28.9 Å². The number of aryl methyl sites for hydroxylation is 1. The van der Waals surface area contributed by atoms with Crippen molar-refractivity contribution in [1.82, 2.24) is 10.3 Å². The minimum atomic E-state index is -1.09. The highest BCUT2D eigenvalue weighted by Gasteiger charge is 2.26. The van der Waals surface area contributed by atoms with Crippen molar-refractivity contribution in [2.45, 2.75) is 26.0 Å². The van der Waals surface area contributed by atoms with Gasteiger partial charge in [0.15, 0.2) is 0 Å². The van der Waals surface area contributed by atoms with E-state index in [4.69, 9.17) is 18.6 Å². The average Bonchev–Trinajstić information content (AvgIpc) is 3.51. The number of H-pyrrole nitrogens is 1. The van der Waals surface area contributed by atoms with E-state index >= 15 is 0 Å². The van der Waals surface area contributed by atoms with Crippen LogP contribution in [0, 0.1) is 6.92 Å². The van der Waals surface area contributed by atoms with Gasteiger partial charge in [0.05, 0.1) is 5.39 Å². The van der Waals surface area contributed by atoms with E-state index in [1.54, 1.807) is 19.2 Å². The van der Waals surface area contributed by atoms with Gasteiger partial charge >= 0.3 is 12.1 Å². The number of hydrogen-bond donors (Lipinski definition) is 2. The van der Waals surface area contributed by atoms with E-state index in [1.807, 2.05) is 91.0 Å². The van der Waals surface area contributed by atoms with Crippen molar-refractivity contribution < 1.29 is 28.2 Å². The number of ether oxygens (including phenoxy) is 3. The number of esters is 1. The van der Waals surface area contributed by atoms with E-state index in [-0.39, 0.29) is 46.7 Å². The van der Waals surface area contributed by atoms with Crippen LogP contribution in [-0.4, -0.2) is 23.1 Å². The Morgan fingerprint density at radius 3 is 2.42 bits per heavy atom. The van der Waals surface area contributed by atoms with Crippen molar-refractivity contribution in [3.8, 4) is 17.2 Å². The molecule has 2 N–H and O–H groups in total. The molecule has 0 radical (unpaired) electrons. The van der Waals surface area contributed by atoms with Gasteiger partial charge in [-0.15, -0.1) is 0 Å². The highest BCUT2D eigenvalue weighted by Crippen LogP contribution is 2.29. The molecule has 7 aromatic rings. The van der Waals surface area contributed by atoms with Crippen LogP contribution in [0.25, 0.3) is 32.6 Å². The number of alkyl carbamates (subject to hydrolysis) is 1. The fourth-order valence-corrected chi connectivity index (χ4v) is 5.61. The minimum absolute atomic E-state index is 0.0388. The van der Waals surface area contributed by atoms with Gasteiger partial charge in [-0.3, -0.25) is 4.79 Å². The van der Waals surface area contributed by atoms with Crippen LogP contribution < -0.4 is 20.2 Å². The van der Waals surface area contributed by atoms with E-state index < -0.39 is 18.1 Å². The van der Waals surface area contributed by atoms with Crippen LogP contribution in [-0.2, 0) is 22.6 Å². The Morgan fingerprint density at radius 2 is 1.56 bits per heavy atom. The molecule has 0 fully saturated rings. The van der Waals surface area contributed by atoms with Crippen LogP contribution in [0.5, 0.6) is 17.2 Å². The van der Waals surface area contributed by atoms with Gasteiger partial charge in [0.1, 0.15) is 35.5 Å². The predicted octanol–water partition coefficient (Wildman–Crippen LogP) is 7.97. The summed E-state index contributed by atoms with van der Waals surface area (Å²) in [6, 6.07) is 33.7. The first-order valence-corrected chi connectivity index (χ1v) is 15.4. The molecule has 2 heterocycles. The van der Waals surface area contributed by atoms with Gasteiger partial charge in [-0.25, -0.2) is 9.59 Å². The second kappa shape index (κ2) is 13.2. The fraction of sp³-hybridized carbons (Fsp3) is 0.103. The van der Waals surface area contributed by atoms with Crippen LogP contribution in [0.3, 0.4) is 0 Å². The monoisotopic (exact) mass is 638 g/mol. The van der Waals surface area contributed by atoms with Gasteiger partial charge in [-0.2, -0.15) is 0 Å². The molecule has 48 heavy (non-hydrogen) atoms. The molecule has 0 aliphatic rings. The number of para-hydroxylation sites is 1. The van der Waals surface area contributed by atoms with E-state index in [1.165, 1.54) is 18.2 Å². The van der Waals surface area contributed by atoms with Crippen LogP contribution >= 0.6 is 0 Å². The second-order valence-electron chi connectivity index (χ2n) is 11.3. The summed E-state index contributed by atoms with van der Waals surface area (Å²) in [5, 5.41) is 5.87. The molecule has 2 aromatic heterocycles. The Kier molecular flexibility index (Phi) is 8.32. The molecular weight excluding hydrogens is 608 g/mol. The van der Waals surface area contributed by atoms with Gasteiger partial charge in [-0.1, -0.05) is 78.9 Å². The number of hydrogen-bond acceptors (Lipinski definition) is 7. The Labute approximate surface area is 274 Å². The molecule has 1 amide bonds. The predicted molar refractivity (Wildman–Crippen MR) is 182 cm³/mol. The maximum absolute atomic E-state index is 13.6. The third-order valence-corrected chi connectivity index (χ3v) is 8.03. The molecule has 5 aromatic carbocycles. The van der Waals surface area contributed by atoms with E-state index in [0.29, 0.717) is 5.75 Å². The topological polar surface area (TPSA) is 120 Å². The number of amides is 1. The molecular formula is C39H30N2O7. The Balaban J connectivity index is 1.11. The lowest BCUT2D eigenvalue weighted by molar-refractivity contribution is -0.136. The normalized spacial score (nSPS) is 11.8. The number of rotatable bonds is 9. The van der Waals surface area contributed by atoms with E-state index in [9.17, 15) is 14.4 Å². The van der Waals surface area contributed by atoms with Crippen LogP contribution in [0.2, 0.25) is 0 Å². The first-order valence-electron chi connectivity index (χ1n) is 15.4. The molecule has 0 unspecified atom stereocenters. The maximum atomic E-state index is 13.6. The van der Waals surface area contributed by atoms with E-state index in [0.717, 1.165) is 32.8 Å². The first-order chi connectivity index (χ1) is 23.4. The second-order valence-corrected chi connectivity index (χ2v) is 11.3. The smallest absolute Gasteiger partial charge is 0.408 e. The standard InChI is InChI=1S/C39H30N2O7/c1-24-37(47-29-16-15-26-11-5-6-12-27(26)19-29)36(42)32-18-17-30(21-35(32)46-24)48-38(43)34(20-28-22-40-33-14-8-7-13-31(28)33)41-39(44)45-23-25-9-3-2-4-10-25/h2-19,21-22,34,40H,20,23H2,1H3,(H,41,44)/t34-/m0/s1. The lowest BCUT2D eigenvalue weighted by atomic mass is 10.1. The molecule has 238 valence electrons. The highest BCUT2D eigenvalue weighted by molar-refractivity contribution is 5.88. The lowest BCUT2D eigenvalue weighted by Gasteiger charge is -2.18. The van der Waals surface area contributed by atoms with Crippen LogP contribution in [0.1, 0.15) is 16.9 Å². The van der Waals surface area contributed by atoms with Gasteiger partial charge in [0.25, 0.3) is 0 Å². The number of aromatic nitrogens is 1. The van der Waals surface area contributed by atoms with Crippen molar-refractivity contribution in [3.63, 3.8) is 0 Å². The largest absolute Gasteiger partial charge is 0.457 e. The van der Waals surface area contributed by atoms with Crippen molar-refractivity contribution in [2.75, 3.05) is 0 Å². The van der Waals surface area contributed by atoms with Gasteiger partial charge in [0, 0.05) is 29.6 Å². The first kappa shape index (κ1) is 30.3. The number of fused-ring (bicyclic) bond motifs is 3. The van der Waals surface area contributed by atoms with Gasteiger partial charge in [-0.05, 0) is 59.2 Å². The Hall–Kier alpha value is -6.35. The molecule has 0 aliphatic heterocycles. The third-order valence-electron chi connectivity index (χ3n) is 8.03. The number of carbonyl (C=O) groups excluding carboxylic acids is 2. The SMILES string of the molecule is Cc1oc2cc(OC(=O)[C@H](Cc3c[nH]c4ccccc34)NC(=O)OCc3ccccc3)ccc2c(=O)c1Oc1ccc2ccccc2c1. The maximum Gasteiger partial charge on any atom is 0.408 e. The summed E-state index contributed by atoms with van der Waals surface area (Å²) in [5.74, 6) is 0.266. The number of nitrogens with one attached hydrogen (secondary N) is 2. The minimum Gasteiger partial charge on any atom is -0.457 e. The quantitative estimate of drug-likeness (QED) is 0.122. The summed E-state index contributed by atoms with van der Waals surface area (Å²) in [7, 11) is 0. The third kappa shape index (κ3) is 6.47. The van der Waals surface area contributed by atoms with E-state index in [2.05, 4.69) is 10.3 Å². The van der Waals surface area contributed by atoms with Crippen LogP contribution in [0.4, 0.5) is 4.79 Å². The molecule has 0 saturated heterocycles. The average molecular weight is 639 g/mol. The summed E-state index contributed by atoms with van der Waals surface area (Å²) < 4.78 is 23.1. The molecule has 9 nitrogen and oxygen atoms in total. The molecule has 9 heteroatoms. The fourth-order valence-electron chi connectivity index (χ4n) is 5.61. The zero-order valence-electron chi connectivity index (χ0n) is 25.9. The summed E-state index contributed by atoms with van der Waals surface area (Å²) in [5.41, 5.74) is 2.38. The zero-order valence-corrected chi connectivity index (χ0v) is 25.9. The summed E-state index contributed by atoms with van der Waals surface area (Å²) in [6.07, 6.45) is 1.17.